The molecule has 2 aliphatic rings. The van der Waals surface area contributed by atoms with Crippen LogP contribution in [-0.4, -0.2) is 30.8 Å². The summed E-state index contributed by atoms with van der Waals surface area (Å²) >= 11 is 3.47. The highest BCUT2D eigenvalue weighted by Crippen LogP contribution is 2.30. The van der Waals surface area contributed by atoms with Gasteiger partial charge in [0.05, 0.1) is 6.10 Å². The Morgan fingerprint density at radius 1 is 1.32 bits per heavy atom. The summed E-state index contributed by atoms with van der Waals surface area (Å²) in [7, 11) is 0. The number of ether oxygens (including phenoxy) is 1. The Kier molecular flexibility index (Phi) is 4.08. The summed E-state index contributed by atoms with van der Waals surface area (Å²) < 4.78 is 7.04. The van der Waals surface area contributed by atoms with E-state index in [1.54, 1.807) is 0 Å². The number of piperidine rings is 1. The number of hydrogen-bond donors (Lipinski definition) is 0. The highest BCUT2D eigenvalue weighted by molar-refractivity contribution is 9.10. The molecule has 1 aromatic heterocycles. The molecule has 0 N–H and O–H groups in total. The second-order valence-corrected chi connectivity index (χ2v) is 6.67. The van der Waals surface area contributed by atoms with Gasteiger partial charge in [-0.15, -0.1) is 0 Å². The number of halogens is 1. The second-order valence-electron chi connectivity index (χ2n) is 5.76. The van der Waals surface area contributed by atoms with E-state index in [4.69, 9.17) is 4.74 Å². The molecule has 3 nitrogen and oxygen atoms in total. The Labute approximate surface area is 123 Å². The molecule has 1 saturated carbocycles. The first-order valence-electron chi connectivity index (χ1n) is 7.21. The molecular formula is C15H21BrN2O. The summed E-state index contributed by atoms with van der Waals surface area (Å²) in [6.45, 7) is 5.23. The van der Waals surface area contributed by atoms with Crippen LogP contribution >= 0.6 is 15.9 Å². The topological polar surface area (TPSA) is 25.4 Å². The highest BCUT2D eigenvalue weighted by Gasteiger charge is 2.26. The van der Waals surface area contributed by atoms with E-state index in [0.29, 0.717) is 6.10 Å². The van der Waals surface area contributed by atoms with E-state index in [-0.39, 0.29) is 0 Å². The largest absolute Gasteiger partial charge is 0.378 e. The van der Waals surface area contributed by atoms with Crippen molar-refractivity contribution in [2.75, 3.05) is 24.6 Å². The predicted octanol–water partition coefficient (Wildman–Crippen LogP) is 3.55. The number of aryl methyl sites for hydroxylation is 1. The lowest BCUT2D eigenvalue weighted by Gasteiger charge is -2.33. The number of aromatic nitrogens is 1. The van der Waals surface area contributed by atoms with Crippen molar-refractivity contribution >= 4 is 21.7 Å². The zero-order valence-corrected chi connectivity index (χ0v) is 13.0. The van der Waals surface area contributed by atoms with E-state index in [0.717, 1.165) is 48.7 Å². The molecule has 2 fully saturated rings. The van der Waals surface area contributed by atoms with Crippen molar-refractivity contribution in [1.29, 1.82) is 0 Å². The summed E-state index contributed by atoms with van der Waals surface area (Å²) in [6, 6.07) is 2.14. The first-order valence-corrected chi connectivity index (χ1v) is 8.00. The first-order chi connectivity index (χ1) is 9.22. The molecule has 0 radical (unpaired) electrons. The lowest BCUT2D eigenvalue weighted by atomic mass is 10.1. The minimum Gasteiger partial charge on any atom is -0.378 e. The van der Waals surface area contributed by atoms with Crippen molar-refractivity contribution in [2.45, 2.75) is 38.7 Å². The summed E-state index contributed by atoms with van der Waals surface area (Å²) in [5.74, 6) is 2.00. The average molecular weight is 325 g/mol. The first kappa shape index (κ1) is 13.4. The van der Waals surface area contributed by atoms with Gasteiger partial charge in [-0.25, -0.2) is 4.98 Å². The molecule has 0 spiro atoms. The van der Waals surface area contributed by atoms with Crippen molar-refractivity contribution < 1.29 is 4.74 Å². The third-order valence-corrected chi connectivity index (χ3v) is 4.46. The van der Waals surface area contributed by atoms with Gasteiger partial charge in [0.15, 0.2) is 0 Å². The van der Waals surface area contributed by atoms with Crippen LogP contribution in [0.15, 0.2) is 16.7 Å². The van der Waals surface area contributed by atoms with E-state index < -0.39 is 0 Å². The fourth-order valence-corrected chi connectivity index (χ4v) is 3.10. The maximum absolute atomic E-state index is 5.99. The predicted molar refractivity (Wildman–Crippen MR) is 80.6 cm³/mol. The lowest BCUT2D eigenvalue weighted by Crippen LogP contribution is -2.38. The zero-order chi connectivity index (χ0) is 13.2. The number of rotatable bonds is 4. The smallest absolute Gasteiger partial charge is 0.131 e. The van der Waals surface area contributed by atoms with Gasteiger partial charge in [-0.05, 0) is 66.1 Å². The van der Waals surface area contributed by atoms with Crippen molar-refractivity contribution in [3.8, 4) is 0 Å². The van der Waals surface area contributed by atoms with E-state index in [1.165, 1.54) is 18.4 Å². The quantitative estimate of drug-likeness (QED) is 0.846. The Morgan fingerprint density at radius 3 is 2.68 bits per heavy atom. The summed E-state index contributed by atoms with van der Waals surface area (Å²) in [6.07, 6.45) is 7.36. The summed E-state index contributed by atoms with van der Waals surface area (Å²) in [4.78, 5) is 6.94. The van der Waals surface area contributed by atoms with Crippen LogP contribution in [0.1, 0.15) is 31.2 Å². The van der Waals surface area contributed by atoms with Crippen LogP contribution in [-0.2, 0) is 4.74 Å². The van der Waals surface area contributed by atoms with Crippen molar-refractivity contribution in [2.24, 2.45) is 5.92 Å². The number of anilines is 1. The SMILES string of the molecule is Cc1cc(Br)cnc1N1CCC(OCC2CC2)CC1. The fourth-order valence-electron chi connectivity index (χ4n) is 2.66. The molecule has 0 bridgehead atoms. The molecule has 0 atom stereocenters. The summed E-state index contributed by atoms with van der Waals surface area (Å²) in [5, 5.41) is 0. The summed E-state index contributed by atoms with van der Waals surface area (Å²) in [5.41, 5.74) is 1.24. The van der Waals surface area contributed by atoms with Gasteiger partial charge in [-0.3, -0.25) is 0 Å². The van der Waals surface area contributed by atoms with Crippen molar-refractivity contribution in [3.05, 3.63) is 22.3 Å². The molecule has 0 aromatic carbocycles. The molecule has 0 amide bonds. The fraction of sp³-hybridized carbons (Fsp3) is 0.667. The minimum absolute atomic E-state index is 0.465. The monoisotopic (exact) mass is 324 g/mol. The molecule has 1 saturated heterocycles. The number of nitrogens with zero attached hydrogens (tertiary/aromatic N) is 2. The molecule has 2 heterocycles. The molecule has 0 unspecified atom stereocenters. The molecule has 1 aliphatic carbocycles. The Bertz CT molecular complexity index is 440. The van der Waals surface area contributed by atoms with Gasteiger partial charge in [-0.2, -0.15) is 0 Å². The Balaban J connectivity index is 1.53. The van der Waals surface area contributed by atoms with E-state index in [9.17, 15) is 0 Å². The highest BCUT2D eigenvalue weighted by atomic mass is 79.9. The van der Waals surface area contributed by atoms with Crippen LogP contribution in [0.5, 0.6) is 0 Å². The van der Waals surface area contributed by atoms with Gasteiger partial charge < -0.3 is 9.64 Å². The molecule has 19 heavy (non-hydrogen) atoms. The Morgan fingerprint density at radius 2 is 2.05 bits per heavy atom. The second kappa shape index (κ2) is 5.80. The van der Waals surface area contributed by atoms with Crippen LogP contribution < -0.4 is 4.90 Å². The average Bonchev–Trinajstić information content (AvgIpc) is 3.21. The molecule has 4 heteroatoms. The molecule has 1 aromatic rings. The number of hydrogen-bond acceptors (Lipinski definition) is 3. The molecule has 1 aliphatic heterocycles. The van der Waals surface area contributed by atoms with Gasteiger partial charge in [-0.1, -0.05) is 0 Å². The van der Waals surface area contributed by atoms with E-state index >= 15 is 0 Å². The normalized spacial score (nSPS) is 20.8. The van der Waals surface area contributed by atoms with Crippen LogP contribution in [0.25, 0.3) is 0 Å². The number of pyridine rings is 1. The van der Waals surface area contributed by atoms with Gasteiger partial charge in [0.25, 0.3) is 0 Å². The minimum atomic E-state index is 0.465. The van der Waals surface area contributed by atoms with Gasteiger partial charge in [0.1, 0.15) is 5.82 Å². The third-order valence-electron chi connectivity index (χ3n) is 4.02. The molecule has 3 rings (SSSR count). The third kappa shape index (κ3) is 3.48. The van der Waals surface area contributed by atoms with E-state index in [2.05, 4.69) is 38.8 Å². The van der Waals surface area contributed by atoms with Crippen LogP contribution in [0.4, 0.5) is 5.82 Å². The zero-order valence-electron chi connectivity index (χ0n) is 11.4. The van der Waals surface area contributed by atoms with Gasteiger partial charge in [0, 0.05) is 30.4 Å². The maximum Gasteiger partial charge on any atom is 0.131 e. The van der Waals surface area contributed by atoms with Crippen molar-refractivity contribution in [3.63, 3.8) is 0 Å². The van der Waals surface area contributed by atoms with Gasteiger partial charge in [0.2, 0.25) is 0 Å². The molecule has 104 valence electrons. The van der Waals surface area contributed by atoms with Crippen LogP contribution in [0.3, 0.4) is 0 Å². The standard InChI is InChI=1S/C15H21BrN2O/c1-11-8-13(16)9-17-15(11)18-6-4-14(5-7-18)19-10-12-2-3-12/h8-9,12,14H,2-7,10H2,1H3. The van der Waals surface area contributed by atoms with Crippen LogP contribution in [0, 0.1) is 12.8 Å². The van der Waals surface area contributed by atoms with Crippen molar-refractivity contribution in [1.82, 2.24) is 4.98 Å². The Hall–Kier alpha value is -0.610. The van der Waals surface area contributed by atoms with E-state index in [1.807, 2.05) is 6.20 Å². The van der Waals surface area contributed by atoms with Crippen LogP contribution in [0.2, 0.25) is 0 Å². The maximum atomic E-state index is 5.99. The lowest BCUT2D eigenvalue weighted by molar-refractivity contribution is 0.0304. The molecular weight excluding hydrogens is 304 g/mol. The van der Waals surface area contributed by atoms with Gasteiger partial charge >= 0.3 is 0 Å².